The van der Waals surface area contributed by atoms with Gasteiger partial charge < -0.3 is 4.90 Å². The lowest BCUT2D eigenvalue weighted by atomic mass is 10.0. The van der Waals surface area contributed by atoms with Crippen molar-refractivity contribution in [3.8, 4) is 0 Å². The van der Waals surface area contributed by atoms with Crippen molar-refractivity contribution in [2.75, 3.05) is 20.1 Å². The van der Waals surface area contributed by atoms with Crippen molar-refractivity contribution in [1.82, 2.24) is 9.88 Å². The summed E-state index contributed by atoms with van der Waals surface area (Å²) in [6.07, 6.45) is 5.29. The Labute approximate surface area is 85.3 Å². The van der Waals surface area contributed by atoms with Gasteiger partial charge >= 0.3 is 0 Å². The SMILES string of the molecule is Cc1ccnc(C2=CCN(C)CC2)c1. The van der Waals surface area contributed by atoms with E-state index in [0.29, 0.717) is 0 Å². The Balaban J connectivity index is 2.23. The lowest BCUT2D eigenvalue weighted by Gasteiger charge is -2.21. The Morgan fingerprint density at radius 3 is 2.93 bits per heavy atom. The molecule has 0 N–H and O–H groups in total. The van der Waals surface area contributed by atoms with Crippen molar-refractivity contribution in [2.24, 2.45) is 0 Å². The number of rotatable bonds is 1. The zero-order valence-electron chi connectivity index (χ0n) is 8.83. The van der Waals surface area contributed by atoms with Gasteiger partial charge in [-0.1, -0.05) is 6.08 Å². The van der Waals surface area contributed by atoms with Gasteiger partial charge in [-0.05, 0) is 43.7 Å². The van der Waals surface area contributed by atoms with Crippen molar-refractivity contribution in [3.63, 3.8) is 0 Å². The van der Waals surface area contributed by atoms with E-state index in [2.05, 4.69) is 36.0 Å². The third kappa shape index (κ3) is 2.02. The van der Waals surface area contributed by atoms with Gasteiger partial charge in [0.25, 0.3) is 0 Å². The molecule has 0 aliphatic carbocycles. The molecular weight excluding hydrogens is 172 g/mol. The van der Waals surface area contributed by atoms with E-state index in [0.717, 1.165) is 25.2 Å². The summed E-state index contributed by atoms with van der Waals surface area (Å²) in [7, 11) is 2.15. The van der Waals surface area contributed by atoms with Gasteiger partial charge in [0, 0.05) is 19.3 Å². The largest absolute Gasteiger partial charge is 0.302 e. The van der Waals surface area contributed by atoms with Crippen molar-refractivity contribution in [1.29, 1.82) is 0 Å². The van der Waals surface area contributed by atoms with Gasteiger partial charge in [0.05, 0.1) is 5.69 Å². The summed E-state index contributed by atoms with van der Waals surface area (Å²) < 4.78 is 0. The maximum atomic E-state index is 4.40. The molecule has 0 bridgehead atoms. The molecule has 0 saturated carbocycles. The van der Waals surface area contributed by atoms with Crippen LogP contribution >= 0.6 is 0 Å². The Morgan fingerprint density at radius 2 is 2.29 bits per heavy atom. The van der Waals surface area contributed by atoms with E-state index < -0.39 is 0 Å². The summed E-state index contributed by atoms with van der Waals surface area (Å²) in [6, 6.07) is 4.20. The van der Waals surface area contributed by atoms with Crippen LogP contribution in [0.15, 0.2) is 24.4 Å². The van der Waals surface area contributed by atoms with Crippen LogP contribution in [-0.4, -0.2) is 30.0 Å². The molecule has 1 aromatic rings. The number of aryl methyl sites for hydroxylation is 1. The topological polar surface area (TPSA) is 16.1 Å². The first-order valence-corrected chi connectivity index (χ1v) is 5.06. The standard InChI is InChI=1S/C12H16N2/c1-10-3-6-13-12(9-10)11-4-7-14(2)8-5-11/h3-4,6,9H,5,7-8H2,1-2H3. The third-order valence-electron chi connectivity index (χ3n) is 2.66. The Kier molecular flexibility index (Phi) is 2.64. The lowest BCUT2D eigenvalue weighted by molar-refractivity contribution is 0.369. The van der Waals surface area contributed by atoms with Gasteiger partial charge in [-0.2, -0.15) is 0 Å². The number of likely N-dealkylation sites (N-methyl/N-ethyl adjacent to an activating group) is 1. The highest BCUT2D eigenvalue weighted by atomic mass is 15.1. The number of aromatic nitrogens is 1. The highest BCUT2D eigenvalue weighted by molar-refractivity contribution is 5.63. The molecule has 1 aliphatic heterocycles. The second kappa shape index (κ2) is 3.93. The van der Waals surface area contributed by atoms with E-state index in [-0.39, 0.29) is 0 Å². The van der Waals surface area contributed by atoms with E-state index in [4.69, 9.17) is 0 Å². The number of hydrogen-bond acceptors (Lipinski definition) is 2. The molecule has 1 aliphatic rings. The fourth-order valence-corrected chi connectivity index (χ4v) is 1.72. The average molecular weight is 188 g/mol. The maximum Gasteiger partial charge on any atom is 0.0662 e. The molecule has 2 rings (SSSR count). The Morgan fingerprint density at radius 1 is 1.43 bits per heavy atom. The summed E-state index contributed by atoms with van der Waals surface area (Å²) >= 11 is 0. The van der Waals surface area contributed by atoms with E-state index in [9.17, 15) is 0 Å². The third-order valence-corrected chi connectivity index (χ3v) is 2.66. The molecule has 14 heavy (non-hydrogen) atoms. The van der Waals surface area contributed by atoms with E-state index in [1.165, 1.54) is 11.1 Å². The lowest BCUT2D eigenvalue weighted by Crippen LogP contribution is -2.23. The van der Waals surface area contributed by atoms with E-state index in [1.807, 2.05) is 12.3 Å². The van der Waals surface area contributed by atoms with Crippen LogP contribution < -0.4 is 0 Å². The molecule has 2 heterocycles. The van der Waals surface area contributed by atoms with Crippen LogP contribution in [0.5, 0.6) is 0 Å². The van der Waals surface area contributed by atoms with Crippen LogP contribution in [-0.2, 0) is 0 Å². The molecule has 2 nitrogen and oxygen atoms in total. The van der Waals surface area contributed by atoms with Crippen molar-refractivity contribution < 1.29 is 0 Å². The molecule has 1 aromatic heterocycles. The monoisotopic (exact) mass is 188 g/mol. The van der Waals surface area contributed by atoms with Crippen LogP contribution in [0.1, 0.15) is 17.7 Å². The summed E-state index contributed by atoms with van der Waals surface area (Å²) in [6.45, 7) is 4.30. The molecule has 0 saturated heterocycles. The molecule has 0 amide bonds. The van der Waals surface area contributed by atoms with Crippen LogP contribution in [0.4, 0.5) is 0 Å². The fraction of sp³-hybridized carbons (Fsp3) is 0.417. The zero-order valence-corrected chi connectivity index (χ0v) is 8.83. The predicted molar refractivity (Wildman–Crippen MR) is 59.1 cm³/mol. The fourth-order valence-electron chi connectivity index (χ4n) is 1.72. The smallest absolute Gasteiger partial charge is 0.0662 e. The molecular formula is C12H16N2. The van der Waals surface area contributed by atoms with Gasteiger partial charge in [-0.3, -0.25) is 4.98 Å². The highest BCUT2D eigenvalue weighted by Crippen LogP contribution is 2.20. The van der Waals surface area contributed by atoms with Gasteiger partial charge in [0.2, 0.25) is 0 Å². The predicted octanol–water partition coefficient (Wildman–Crippen LogP) is 2.11. The summed E-state index contributed by atoms with van der Waals surface area (Å²) in [5.41, 5.74) is 3.83. The zero-order chi connectivity index (χ0) is 9.97. The summed E-state index contributed by atoms with van der Waals surface area (Å²) in [5.74, 6) is 0. The Hall–Kier alpha value is -1.15. The first kappa shape index (κ1) is 9.41. The number of pyridine rings is 1. The Bertz CT molecular complexity index is 355. The molecule has 0 unspecified atom stereocenters. The molecule has 0 aromatic carbocycles. The summed E-state index contributed by atoms with van der Waals surface area (Å²) in [4.78, 5) is 6.72. The van der Waals surface area contributed by atoms with E-state index >= 15 is 0 Å². The van der Waals surface area contributed by atoms with Crippen LogP contribution in [0, 0.1) is 6.92 Å². The van der Waals surface area contributed by atoms with Gasteiger partial charge in [-0.15, -0.1) is 0 Å². The van der Waals surface area contributed by atoms with E-state index in [1.54, 1.807) is 0 Å². The number of hydrogen-bond donors (Lipinski definition) is 0. The molecule has 0 atom stereocenters. The minimum Gasteiger partial charge on any atom is -0.302 e. The van der Waals surface area contributed by atoms with Gasteiger partial charge in [-0.25, -0.2) is 0 Å². The van der Waals surface area contributed by atoms with Gasteiger partial charge in [0.1, 0.15) is 0 Å². The molecule has 74 valence electrons. The molecule has 2 heteroatoms. The quantitative estimate of drug-likeness (QED) is 0.671. The normalized spacial score (nSPS) is 18.0. The van der Waals surface area contributed by atoms with Crippen LogP contribution in [0.3, 0.4) is 0 Å². The minimum atomic E-state index is 1.05. The summed E-state index contributed by atoms with van der Waals surface area (Å²) in [5, 5.41) is 0. The second-order valence-corrected chi connectivity index (χ2v) is 3.96. The van der Waals surface area contributed by atoms with Crippen molar-refractivity contribution in [3.05, 3.63) is 35.7 Å². The highest BCUT2D eigenvalue weighted by Gasteiger charge is 2.09. The first-order valence-electron chi connectivity index (χ1n) is 5.06. The average Bonchev–Trinajstić information content (AvgIpc) is 2.19. The second-order valence-electron chi connectivity index (χ2n) is 3.96. The van der Waals surface area contributed by atoms with Crippen molar-refractivity contribution in [2.45, 2.75) is 13.3 Å². The minimum absolute atomic E-state index is 1.05. The van der Waals surface area contributed by atoms with Crippen LogP contribution in [0.25, 0.3) is 5.57 Å². The molecule has 0 spiro atoms. The van der Waals surface area contributed by atoms with Crippen LogP contribution in [0.2, 0.25) is 0 Å². The van der Waals surface area contributed by atoms with Crippen molar-refractivity contribution >= 4 is 5.57 Å². The first-order chi connectivity index (χ1) is 6.75. The maximum absolute atomic E-state index is 4.40. The number of nitrogens with zero attached hydrogens (tertiary/aromatic N) is 2. The molecule has 0 fully saturated rings. The van der Waals surface area contributed by atoms with Gasteiger partial charge in [0.15, 0.2) is 0 Å². The molecule has 0 radical (unpaired) electrons.